The highest BCUT2D eigenvalue weighted by molar-refractivity contribution is 7.89. The number of hydrogen-bond donors (Lipinski definition) is 4. The van der Waals surface area contributed by atoms with Crippen LogP contribution >= 0.6 is 11.3 Å². The van der Waals surface area contributed by atoms with Crippen molar-refractivity contribution in [3.8, 4) is 0 Å². The molecule has 0 aromatic carbocycles. The van der Waals surface area contributed by atoms with E-state index in [1.54, 1.807) is 14.2 Å². The third-order valence-corrected chi connectivity index (χ3v) is 4.33. The summed E-state index contributed by atoms with van der Waals surface area (Å²) in [5.41, 5.74) is 6.74. The highest BCUT2D eigenvalue weighted by Crippen LogP contribution is 2.16. The zero-order valence-corrected chi connectivity index (χ0v) is 16.9. The minimum absolute atomic E-state index is 0.246. The van der Waals surface area contributed by atoms with Crippen molar-refractivity contribution < 1.29 is 13.2 Å². The number of unbranched alkanes of at least 4 members (excludes halogenated alkanes) is 1. The number of hydrogen-bond acceptors (Lipinski definition) is 6. The number of sulfonamides is 1. The number of nitrogens with one attached hydrogen (secondary N) is 3. The van der Waals surface area contributed by atoms with Gasteiger partial charge in [-0.15, -0.1) is 15.7 Å². The van der Waals surface area contributed by atoms with Crippen molar-refractivity contribution >= 4 is 38.4 Å². The van der Waals surface area contributed by atoms with Crippen LogP contribution in [0, 0.1) is 0 Å². The number of aliphatic imine (C=N–C) groups is 1. The van der Waals surface area contributed by atoms with Crippen LogP contribution < -0.4 is 21.7 Å². The van der Waals surface area contributed by atoms with Gasteiger partial charge in [-0.25, -0.2) is 13.4 Å². The van der Waals surface area contributed by atoms with E-state index in [0.717, 1.165) is 31.2 Å². The molecule has 1 aromatic heterocycles. The second-order valence-corrected chi connectivity index (χ2v) is 7.84. The average Bonchev–Trinajstić information content (AvgIpc) is 2.99. The predicted molar refractivity (Wildman–Crippen MR) is 106 cm³/mol. The molecule has 5 N–H and O–H groups in total. The first kappa shape index (κ1) is 22.1. The summed E-state index contributed by atoms with van der Waals surface area (Å²) in [5, 5.41) is 11.3. The van der Waals surface area contributed by atoms with Gasteiger partial charge in [0.2, 0.25) is 5.96 Å². The summed E-state index contributed by atoms with van der Waals surface area (Å²) in [6.45, 7) is 1.63. The summed E-state index contributed by atoms with van der Waals surface area (Å²) in [6, 6.07) is 0. The van der Waals surface area contributed by atoms with Crippen molar-refractivity contribution in [3.05, 3.63) is 11.1 Å². The summed E-state index contributed by atoms with van der Waals surface area (Å²) in [7, 11) is -0.188. The number of methoxy groups -OCH3 is 1. The summed E-state index contributed by atoms with van der Waals surface area (Å²) in [4.78, 5) is 8.57. The third-order valence-electron chi connectivity index (χ3n) is 3.01. The summed E-state index contributed by atoms with van der Waals surface area (Å²) in [5.74, 6) is 0.563. The van der Waals surface area contributed by atoms with Crippen LogP contribution in [0.25, 0.3) is 0 Å². The summed E-state index contributed by atoms with van der Waals surface area (Å²) in [6.07, 6.45) is 3.63. The van der Waals surface area contributed by atoms with E-state index < -0.39 is 10.0 Å². The molecule has 0 aliphatic rings. The number of anilines is 1. The fourth-order valence-corrected chi connectivity index (χ4v) is 3.09. The molecule has 0 saturated carbocycles. The molecule has 0 spiro atoms. The van der Waals surface area contributed by atoms with Crippen molar-refractivity contribution in [1.82, 2.24) is 15.6 Å². The molecule has 0 bridgehead atoms. The van der Waals surface area contributed by atoms with Gasteiger partial charge < -0.3 is 26.4 Å². The van der Waals surface area contributed by atoms with Gasteiger partial charge in [0.05, 0.1) is 25.1 Å². The van der Waals surface area contributed by atoms with Crippen molar-refractivity contribution in [2.45, 2.75) is 19.3 Å². The molecule has 10 nitrogen and oxygen atoms in total. The molecule has 0 aliphatic heterocycles. The maximum absolute atomic E-state index is 11.1. The molecule has 0 saturated heterocycles. The molecule has 0 fully saturated rings. The molecule has 1 heterocycles. The number of nitrogens with two attached hydrogens (primary N) is 1. The Morgan fingerprint density at radius 1 is 1.42 bits per heavy atom. The van der Waals surface area contributed by atoms with Gasteiger partial charge in [0.25, 0.3) is 10.0 Å². The molecule has 0 unspecified atom stereocenters. The van der Waals surface area contributed by atoms with Gasteiger partial charge in [-0.1, -0.05) is 0 Å². The Morgan fingerprint density at radius 3 is 2.85 bits per heavy atom. The monoisotopic (exact) mass is 405 g/mol. The molecule has 0 radical (unpaired) electrons. The first-order valence-corrected chi connectivity index (χ1v) is 10.8. The lowest BCUT2D eigenvalue weighted by Gasteiger charge is -2.07. The molecular weight excluding hydrogens is 378 g/mol. The van der Waals surface area contributed by atoms with Crippen LogP contribution in [0.5, 0.6) is 0 Å². The quantitative estimate of drug-likeness (QED) is 0.241. The normalized spacial score (nSPS) is 12.9. The van der Waals surface area contributed by atoms with Crippen LogP contribution in [0.15, 0.2) is 14.8 Å². The number of guanidine groups is 2. The lowest BCUT2D eigenvalue weighted by atomic mass is 10.2. The van der Waals surface area contributed by atoms with E-state index in [0.29, 0.717) is 30.8 Å². The molecule has 148 valence electrons. The summed E-state index contributed by atoms with van der Waals surface area (Å²) >= 11 is 1.47. The first-order valence-electron chi connectivity index (χ1n) is 8.06. The molecule has 1 aromatic rings. The predicted octanol–water partition coefficient (Wildman–Crippen LogP) is -0.0366. The molecular formula is C14H27N7O3S2. The molecule has 12 heteroatoms. The van der Waals surface area contributed by atoms with Crippen LogP contribution in [0.1, 0.15) is 18.5 Å². The fraction of sp³-hybridized carbons (Fsp3) is 0.643. The van der Waals surface area contributed by atoms with E-state index in [2.05, 4.69) is 30.3 Å². The Labute approximate surface area is 158 Å². The largest absolute Gasteiger partial charge is 0.383 e. The van der Waals surface area contributed by atoms with Crippen molar-refractivity contribution in [3.63, 3.8) is 0 Å². The number of nitrogens with zero attached hydrogens (tertiary/aromatic N) is 3. The lowest BCUT2D eigenvalue weighted by molar-refractivity contribution is 0.208. The Kier molecular flexibility index (Phi) is 9.91. The average molecular weight is 406 g/mol. The van der Waals surface area contributed by atoms with Crippen LogP contribution in [0.3, 0.4) is 0 Å². The number of aryl methyl sites for hydroxylation is 1. The van der Waals surface area contributed by atoms with Gasteiger partial charge in [-0.05, 0) is 19.3 Å². The standard InChI is InChI=1S/C14H27N7O3S2/c1-16-13(21-26(3,22)23)18-7-5-4-6-11-10-25-14(19-11)20-12(15)17-8-9-24-2/h10H,4-9H2,1-3H3,(H2,16,18,21)(H3,15,17,19,20). The Balaban J connectivity index is 2.31. The molecule has 1 rings (SSSR count). The van der Waals surface area contributed by atoms with Crippen LogP contribution in [-0.4, -0.2) is 65.4 Å². The maximum Gasteiger partial charge on any atom is 0.253 e. The van der Waals surface area contributed by atoms with E-state index in [4.69, 9.17) is 10.5 Å². The Morgan fingerprint density at radius 2 is 2.19 bits per heavy atom. The summed E-state index contributed by atoms with van der Waals surface area (Å²) < 4.78 is 30.7. The second-order valence-electron chi connectivity index (χ2n) is 5.34. The fourth-order valence-electron chi connectivity index (χ4n) is 1.86. The van der Waals surface area contributed by atoms with Crippen LogP contribution in [-0.2, 0) is 21.2 Å². The van der Waals surface area contributed by atoms with Crippen LogP contribution in [0.4, 0.5) is 5.13 Å². The lowest BCUT2D eigenvalue weighted by Crippen LogP contribution is -2.36. The van der Waals surface area contributed by atoms with Gasteiger partial charge in [0.1, 0.15) is 0 Å². The zero-order chi connectivity index (χ0) is 19.4. The van der Waals surface area contributed by atoms with Gasteiger partial charge in [-0.2, -0.15) is 0 Å². The highest BCUT2D eigenvalue weighted by atomic mass is 32.2. The zero-order valence-electron chi connectivity index (χ0n) is 15.3. The van der Waals surface area contributed by atoms with E-state index in [1.807, 2.05) is 5.38 Å². The number of aromatic nitrogens is 1. The Bertz CT molecular complexity index is 701. The van der Waals surface area contributed by atoms with E-state index in [1.165, 1.54) is 11.3 Å². The van der Waals surface area contributed by atoms with Gasteiger partial charge >= 0.3 is 0 Å². The third kappa shape index (κ3) is 10.2. The second kappa shape index (κ2) is 11.6. The number of ether oxygens (including phenoxy) is 1. The molecule has 0 amide bonds. The minimum Gasteiger partial charge on any atom is -0.383 e. The van der Waals surface area contributed by atoms with Crippen molar-refractivity contribution in [1.29, 1.82) is 0 Å². The maximum atomic E-state index is 11.1. The van der Waals surface area contributed by atoms with Gasteiger partial charge in [0, 0.05) is 26.1 Å². The topological polar surface area (TPSA) is 143 Å². The van der Waals surface area contributed by atoms with Crippen LogP contribution in [0.2, 0.25) is 0 Å². The van der Waals surface area contributed by atoms with Gasteiger partial charge in [0.15, 0.2) is 11.1 Å². The highest BCUT2D eigenvalue weighted by Gasteiger charge is 2.04. The van der Waals surface area contributed by atoms with E-state index >= 15 is 0 Å². The minimum atomic E-state index is -3.42. The molecule has 0 atom stereocenters. The van der Waals surface area contributed by atoms with Gasteiger partial charge in [-0.3, -0.25) is 4.99 Å². The van der Waals surface area contributed by atoms with E-state index in [-0.39, 0.29) is 5.96 Å². The molecule has 0 aliphatic carbocycles. The smallest absolute Gasteiger partial charge is 0.253 e. The van der Waals surface area contributed by atoms with E-state index in [9.17, 15) is 8.42 Å². The molecule has 26 heavy (non-hydrogen) atoms. The van der Waals surface area contributed by atoms with Crippen molar-refractivity contribution in [2.75, 3.05) is 45.4 Å². The van der Waals surface area contributed by atoms with Crippen molar-refractivity contribution in [2.24, 2.45) is 15.1 Å². The number of thiazole rings is 1. The SMILES string of the molecule is CN/C(=N/S(C)(=O)=O)NCCCCc1csc(N/C(N)=N\CCOC)n1. The number of rotatable bonds is 10. The first-order chi connectivity index (χ1) is 12.3. The Hall–Kier alpha value is -1.92.